The van der Waals surface area contributed by atoms with Gasteiger partial charge in [-0.1, -0.05) is 23.2 Å². The highest BCUT2D eigenvalue weighted by atomic mass is 35.5. The van der Waals surface area contributed by atoms with Gasteiger partial charge in [0, 0.05) is 16.8 Å². The molecule has 0 saturated heterocycles. The van der Waals surface area contributed by atoms with Crippen LogP contribution in [0.2, 0.25) is 10.0 Å². The Morgan fingerprint density at radius 2 is 1.82 bits per heavy atom. The second-order valence-electron chi connectivity index (χ2n) is 4.50. The molecule has 0 heterocycles. The van der Waals surface area contributed by atoms with E-state index in [1.165, 1.54) is 24.3 Å². The smallest absolute Gasteiger partial charge is 0.255 e. The van der Waals surface area contributed by atoms with E-state index < -0.39 is 21.6 Å². The van der Waals surface area contributed by atoms with Crippen molar-refractivity contribution < 1.29 is 17.6 Å². The van der Waals surface area contributed by atoms with Crippen LogP contribution in [0.1, 0.15) is 10.4 Å². The first-order valence-corrected chi connectivity index (χ1v) is 8.59. The minimum Gasteiger partial charge on any atom is -0.319 e. The third-order valence-electron chi connectivity index (χ3n) is 2.77. The number of sulfone groups is 1. The van der Waals surface area contributed by atoms with Crippen LogP contribution >= 0.6 is 23.2 Å². The summed E-state index contributed by atoms with van der Waals surface area (Å²) in [5, 5.41) is 2.55. The van der Waals surface area contributed by atoms with Gasteiger partial charge in [0.1, 0.15) is 5.82 Å². The van der Waals surface area contributed by atoms with Crippen LogP contribution in [0, 0.1) is 5.82 Å². The zero-order valence-corrected chi connectivity index (χ0v) is 13.6. The van der Waals surface area contributed by atoms with Gasteiger partial charge in [0.25, 0.3) is 5.91 Å². The van der Waals surface area contributed by atoms with Crippen LogP contribution in [0.4, 0.5) is 10.1 Å². The summed E-state index contributed by atoms with van der Waals surface area (Å²) in [4.78, 5) is 11.9. The molecular weight excluding hydrogens is 352 g/mol. The number of hydrogen-bond acceptors (Lipinski definition) is 3. The first-order chi connectivity index (χ1) is 10.2. The number of halogens is 3. The molecule has 1 N–H and O–H groups in total. The molecular formula is C14H10Cl2FNO3S. The molecule has 2 aromatic rings. The van der Waals surface area contributed by atoms with Crippen LogP contribution in [-0.2, 0) is 9.84 Å². The summed E-state index contributed by atoms with van der Waals surface area (Å²) in [6.45, 7) is 0. The molecule has 2 aromatic carbocycles. The van der Waals surface area contributed by atoms with Crippen LogP contribution in [0.25, 0.3) is 0 Å². The van der Waals surface area contributed by atoms with Gasteiger partial charge in [-0.25, -0.2) is 12.8 Å². The van der Waals surface area contributed by atoms with Gasteiger partial charge < -0.3 is 5.32 Å². The summed E-state index contributed by atoms with van der Waals surface area (Å²) in [6.07, 6.45) is 0.981. The van der Waals surface area contributed by atoms with Crippen molar-refractivity contribution in [2.24, 2.45) is 0 Å². The minimum absolute atomic E-state index is 0.0109. The Labute approximate surface area is 136 Å². The molecule has 0 spiro atoms. The molecule has 0 aliphatic heterocycles. The van der Waals surface area contributed by atoms with Gasteiger partial charge in [-0.15, -0.1) is 0 Å². The van der Waals surface area contributed by atoms with Crippen molar-refractivity contribution >= 4 is 44.6 Å². The number of amides is 1. The summed E-state index contributed by atoms with van der Waals surface area (Å²) in [7, 11) is -3.58. The van der Waals surface area contributed by atoms with E-state index in [9.17, 15) is 17.6 Å². The second-order valence-corrected chi connectivity index (χ2v) is 7.32. The number of carbonyl (C=O) groups excluding carboxylic acids is 1. The summed E-state index contributed by atoms with van der Waals surface area (Å²) in [5.41, 5.74) is -0.0237. The van der Waals surface area contributed by atoms with Crippen molar-refractivity contribution in [2.45, 2.75) is 4.90 Å². The molecule has 0 aromatic heterocycles. The van der Waals surface area contributed by atoms with E-state index in [1.54, 1.807) is 0 Å². The number of nitrogens with one attached hydrogen (secondary N) is 1. The Morgan fingerprint density at radius 3 is 2.41 bits per heavy atom. The lowest BCUT2D eigenvalue weighted by Crippen LogP contribution is -2.14. The van der Waals surface area contributed by atoms with E-state index in [2.05, 4.69) is 5.32 Å². The SMILES string of the molecule is CS(=O)(=O)c1cc(C(=O)Nc2ccc(Cl)cc2F)ccc1Cl. The molecule has 2 rings (SSSR count). The van der Waals surface area contributed by atoms with E-state index in [-0.39, 0.29) is 26.2 Å². The van der Waals surface area contributed by atoms with E-state index in [1.807, 2.05) is 0 Å². The summed E-state index contributed by atoms with van der Waals surface area (Å²) in [6, 6.07) is 7.57. The fourth-order valence-corrected chi connectivity index (χ4v) is 3.17. The predicted molar refractivity (Wildman–Crippen MR) is 83.9 cm³/mol. The highest BCUT2D eigenvalue weighted by molar-refractivity contribution is 7.90. The van der Waals surface area contributed by atoms with Crippen molar-refractivity contribution in [3.05, 3.63) is 57.8 Å². The van der Waals surface area contributed by atoms with Gasteiger partial charge in [0.05, 0.1) is 15.6 Å². The van der Waals surface area contributed by atoms with Gasteiger partial charge in [-0.2, -0.15) is 0 Å². The topological polar surface area (TPSA) is 63.2 Å². The minimum atomic E-state index is -3.58. The van der Waals surface area contributed by atoms with Crippen LogP contribution < -0.4 is 5.32 Å². The second kappa shape index (κ2) is 6.24. The molecule has 8 heteroatoms. The average Bonchev–Trinajstić information content (AvgIpc) is 2.41. The first kappa shape index (κ1) is 16.7. The molecule has 0 fully saturated rings. The normalized spacial score (nSPS) is 11.3. The quantitative estimate of drug-likeness (QED) is 0.904. The largest absolute Gasteiger partial charge is 0.319 e. The number of hydrogen-bond donors (Lipinski definition) is 1. The number of carbonyl (C=O) groups is 1. The van der Waals surface area contributed by atoms with Crippen molar-refractivity contribution in [1.29, 1.82) is 0 Å². The van der Waals surface area contributed by atoms with Gasteiger partial charge in [0.2, 0.25) is 0 Å². The summed E-state index contributed by atoms with van der Waals surface area (Å²) < 4.78 is 36.8. The van der Waals surface area contributed by atoms with E-state index in [0.717, 1.165) is 18.4 Å². The maximum absolute atomic E-state index is 13.6. The predicted octanol–water partition coefficient (Wildman–Crippen LogP) is 3.79. The molecule has 0 aliphatic rings. The molecule has 1 amide bonds. The van der Waals surface area contributed by atoms with E-state index >= 15 is 0 Å². The van der Waals surface area contributed by atoms with Crippen molar-refractivity contribution in [1.82, 2.24) is 0 Å². The van der Waals surface area contributed by atoms with Crippen LogP contribution in [0.3, 0.4) is 0 Å². The highest BCUT2D eigenvalue weighted by Gasteiger charge is 2.16. The van der Waals surface area contributed by atoms with E-state index in [0.29, 0.717) is 0 Å². The maximum Gasteiger partial charge on any atom is 0.255 e. The monoisotopic (exact) mass is 361 g/mol. The maximum atomic E-state index is 13.6. The van der Waals surface area contributed by atoms with Gasteiger partial charge in [-0.3, -0.25) is 4.79 Å². The van der Waals surface area contributed by atoms with E-state index in [4.69, 9.17) is 23.2 Å². The zero-order valence-electron chi connectivity index (χ0n) is 11.2. The molecule has 22 heavy (non-hydrogen) atoms. The Hall–Kier alpha value is -1.63. The van der Waals surface area contributed by atoms with Crippen molar-refractivity contribution in [3.63, 3.8) is 0 Å². The molecule has 116 valence electrons. The summed E-state index contributed by atoms with van der Waals surface area (Å²) in [5.74, 6) is -1.36. The van der Waals surface area contributed by atoms with Gasteiger partial charge in [-0.05, 0) is 36.4 Å². The van der Waals surface area contributed by atoms with Gasteiger partial charge >= 0.3 is 0 Å². The Morgan fingerprint density at radius 1 is 1.14 bits per heavy atom. The lowest BCUT2D eigenvalue weighted by molar-refractivity contribution is 0.102. The molecule has 0 bridgehead atoms. The average molecular weight is 362 g/mol. The fraction of sp³-hybridized carbons (Fsp3) is 0.0714. The number of anilines is 1. The molecule has 0 radical (unpaired) electrons. The standard InChI is InChI=1S/C14H10Cl2FNO3S/c1-22(20,21)13-6-8(2-4-10(13)16)14(19)18-12-5-3-9(15)7-11(12)17/h2-7H,1H3,(H,18,19). The van der Waals surface area contributed by atoms with Crippen molar-refractivity contribution in [3.8, 4) is 0 Å². The molecule has 0 atom stereocenters. The Balaban J connectivity index is 2.34. The Kier molecular flexibility index (Phi) is 4.75. The Bertz CT molecular complexity index is 853. The highest BCUT2D eigenvalue weighted by Crippen LogP contribution is 2.24. The third kappa shape index (κ3) is 3.76. The molecule has 0 unspecified atom stereocenters. The van der Waals surface area contributed by atoms with Crippen molar-refractivity contribution in [2.75, 3.05) is 11.6 Å². The first-order valence-electron chi connectivity index (χ1n) is 5.94. The molecule has 0 saturated carbocycles. The summed E-state index contributed by atoms with van der Waals surface area (Å²) >= 11 is 11.4. The molecule has 4 nitrogen and oxygen atoms in total. The zero-order chi connectivity index (χ0) is 16.5. The third-order valence-corrected chi connectivity index (χ3v) is 4.59. The number of benzene rings is 2. The lowest BCUT2D eigenvalue weighted by Gasteiger charge is -2.08. The number of rotatable bonds is 3. The van der Waals surface area contributed by atoms with Crippen LogP contribution in [-0.4, -0.2) is 20.6 Å². The van der Waals surface area contributed by atoms with Gasteiger partial charge in [0.15, 0.2) is 9.84 Å². The lowest BCUT2D eigenvalue weighted by atomic mass is 10.2. The molecule has 0 aliphatic carbocycles. The van der Waals surface area contributed by atoms with Crippen LogP contribution in [0.5, 0.6) is 0 Å². The fourth-order valence-electron chi connectivity index (χ4n) is 1.71. The van der Waals surface area contributed by atoms with Crippen LogP contribution in [0.15, 0.2) is 41.3 Å².